The van der Waals surface area contributed by atoms with Crippen LogP contribution in [-0.4, -0.2) is 60.2 Å². The summed E-state index contributed by atoms with van der Waals surface area (Å²) in [6.45, 7) is 2.99. The second-order valence-electron chi connectivity index (χ2n) is 7.74. The number of fused-ring (bicyclic) bond motifs is 2. The van der Waals surface area contributed by atoms with Crippen molar-refractivity contribution in [3.05, 3.63) is 45.9 Å². The van der Waals surface area contributed by atoms with Crippen molar-refractivity contribution in [1.82, 2.24) is 20.5 Å². The van der Waals surface area contributed by atoms with E-state index in [1.807, 2.05) is 29.2 Å². The summed E-state index contributed by atoms with van der Waals surface area (Å²) in [6.07, 6.45) is 0.960. The molecule has 7 nitrogen and oxygen atoms in total. The normalized spacial score (nSPS) is 19.3. The monoisotopic (exact) mass is 458 g/mol. The second-order valence-corrected chi connectivity index (χ2v) is 9.26. The number of piperazine rings is 1. The molecule has 3 aromatic rings. The maximum absolute atomic E-state index is 13.0. The average molecular weight is 459 g/mol. The highest BCUT2D eigenvalue weighted by atomic mass is 35.5. The molecule has 2 atom stereocenters. The largest absolute Gasteiger partial charge is 0.479 e. The Bertz CT molecular complexity index is 1150. The van der Waals surface area contributed by atoms with Gasteiger partial charge in [-0.2, -0.15) is 0 Å². The van der Waals surface area contributed by atoms with Gasteiger partial charge >= 0.3 is 0 Å². The molecule has 0 bridgehead atoms. The van der Waals surface area contributed by atoms with Crippen molar-refractivity contribution in [1.29, 1.82) is 0 Å². The van der Waals surface area contributed by atoms with Crippen LogP contribution in [0.3, 0.4) is 0 Å². The lowest BCUT2D eigenvalue weighted by Gasteiger charge is -2.29. The Balaban J connectivity index is 1.53. The number of aromatic nitrogens is 1. The molecule has 1 saturated heterocycles. The number of hydrogen-bond acceptors (Lipinski definition) is 7. The van der Waals surface area contributed by atoms with E-state index in [1.54, 1.807) is 13.2 Å². The molecule has 4 heterocycles. The van der Waals surface area contributed by atoms with Gasteiger partial charge in [0.05, 0.1) is 15.1 Å². The summed E-state index contributed by atoms with van der Waals surface area (Å²) in [4.78, 5) is 20.1. The highest BCUT2D eigenvalue weighted by Gasteiger charge is 2.35. The Morgan fingerprint density at radius 2 is 2.16 bits per heavy atom. The first-order valence-corrected chi connectivity index (χ1v) is 11.5. The zero-order valence-corrected chi connectivity index (χ0v) is 18.6. The first kappa shape index (κ1) is 20.7. The first-order valence-electron chi connectivity index (χ1n) is 10.3. The van der Waals surface area contributed by atoms with Crippen LogP contribution in [0.4, 0.5) is 0 Å². The Morgan fingerprint density at radius 1 is 1.35 bits per heavy atom. The zero-order chi connectivity index (χ0) is 21.5. The number of aliphatic hydroxyl groups excluding tert-OH is 1. The Hall–Kier alpha value is -2.23. The number of amides is 1. The van der Waals surface area contributed by atoms with Gasteiger partial charge in [-0.3, -0.25) is 15.1 Å². The van der Waals surface area contributed by atoms with Gasteiger partial charge in [-0.05, 0) is 31.3 Å². The van der Waals surface area contributed by atoms with E-state index in [4.69, 9.17) is 16.3 Å². The summed E-state index contributed by atoms with van der Waals surface area (Å²) in [7, 11) is 1.70. The molecule has 5 rings (SSSR count). The van der Waals surface area contributed by atoms with Gasteiger partial charge in [0.25, 0.3) is 5.91 Å². The van der Waals surface area contributed by atoms with Crippen LogP contribution in [0.2, 0.25) is 5.02 Å². The average Bonchev–Trinajstić information content (AvgIpc) is 3.42. The molecule has 1 fully saturated rings. The first-order chi connectivity index (χ1) is 15.0. The fourth-order valence-electron chi connectivity index (χ4n) is 4.20. The molecule has 1 aromatic carbocycles. The second kappa shape index (κ2) is 8.37. The number of halogens is 1. The Labute approximate surface area is 189 Å². The van der Waals surface area contributed by atoms with Crippen molar-refractivity contribution < 1.29 is 14.6 Å². The molecule has 0 spiro atoms. The number of aliphatic hydroxyl groups is 1. The van der Waals surface area contributed by atoms with Gasteiger partial charge in [0.15, 0.2) is 6.10 Å². The molecule has 9 heteroatoms. The molecular weight excluding hydrogens is 436 g/mol. The number of nitrogens with one attached hydrogen (secondary N) is 2. The summed E-state index contributed by atoms with van der Waals surface area (Å²) in [5.74, 6) is 0.727. The number of benzene rings is 1. The van der Waals surface area contributed by atoms with Crippen molar-refractivity contribution >= 4 is 39.1 Å². The van der Waals surface area contributed by atoms with Gasteiger partial charge in [-0.1, -0.05) is 11.6 Å². The molecule has 2 unspecified atom stereocenters. The number of carbonyl (C=O) groups excluding carboxylic acids is 1. The summed E-state index contributed by atoms with van der Waals surface area (Å²) in [6, 6.07) is 7.57. The van der Waals surface area contributed by atoms with E-state index in [2.05, 4.69) is 15.6 Å². The predicted molar refractivity (Wildman–Crippen MR) is 122 cm³/mol. The van der Waals surface area contributed by atoms with Gasteiger partial charge in [0.1, 0.15) is 12.0 Å². The third-order valence-electron chi connectivity index (χ3n) is 5.76. The summed E-state index contributed by atoms with van der Waals surface area (Å²) in [5.41, 5.74) is 3.51. The van der Waals surface area contributed by atoms with Gasteiger partial charge in [-0.25, -0.2) is 0 Å². The Kier molecular flexibility index (Phi) is 5.58. The van der Waals surface area contributed by atoms with Crippen LogP contribution in [0.5, 0.6) is 5.75 Å². The maximum Gasteiger partial charge on any atom is 0.264 e. The van der Waals surface area contributed by atoms with Crippen molar-refractivity contribution in [3.8, 4) is 16.9 Å². The summed E-state index contributed by atoms with van der Waals surface area (Å²) >= 11 is 7.94. The molecular formula is C22H23ClN4O3S. The minimum absolute atomic E-state index is 0.0233. The van der Waals surface area contributed by atoms with Crippen LogP contribution in [0, 0.1) is 0 Å². The fourth-order valence-corrected chi connectivity index (χ4v) is 5.58. The van der Waals surface area contributed by atoms with E-state index < -0.39 is 12.3 Å². The van der Waals surface area contributed by atoms with Gasteiger partial charge < -0.3 is 20.1 Å². The molecule has 0 radical (unpaired) electrons. The van der Waals surface area contributed by atoms with Crippen molar-refractivity contribution in [3.63, 3.8) is 0 Å². The van der Waals surface area contributed by atoms with Gasteiger partial charge in [0, 0.05) is 60.5 Å². The molecule has 2 aliphatic heterocycles. The van der Waals surface area contributed by atoms with Crippen molar-refractivity contribution in [2.24, 2.45) is 0 Å². The highest BCUT2D eigenvalue weighted by Crippen LogP contribution is 2.45. The molecule has 1 amide bonds. The minimum atomic E-state index is -0.755. The van der Waals surface area contributed by atoms with Gasteiger partial charge in [0.2, 0.25) is 0 Å². The third kappa shape index (κ3) is 3.79. The quantitative estimate of drug-likeness (QED) is 0.521. The number of rotatable bonds is 4. The van der Waals surface area contributed by atoms with Crippen LogP contribution in [-0.2, 0) is 11.2 Å². The number of pyridine rings is 1. The van der Waals surface area contributed by atoms with Crippen LogP contribution >= 0.6 is 22.9 Å². The number of ether oxygens (including phenoxy) is 1. The predicted octanol–water partition coefficient (Wildman–Crippen LogP) is 2.56. The lowest BCUT2D eigenvalue weighted by atomic mass is 10.0. The third-order valence-corrected chi connectivity index (χ3v) is 7.19. The summed E-state index contributed by atoms with van der Waals surface area (Å²) < 4.78 is 7.18. The van der Waals surface area contributed by atoms with Crippen LogP contribution < -0.4 is 15.4 Å². The molecule has 0 saturated carbocycles. The van der Waals surface area contributed by atoms with E-state index in [-0.39, 0.29) is 5.91 Å². The lowest BCUT2D eigenvalue weighted by molar-refractivity contribution is -0.138. The van der Waals surface area contributed by atoms with Crippen molar-refractivity contribution in [2.45, 2.75) is 18.8 Å². The van der Waals surface area contributed by atoms with E-state index in [0.717, 1.165) is 44.9 Å². The lowest BCUT2D eigenvalue weighted by Crippen LogP contribution is -2.50. The number of hydrogen-bond donors (Lipinski definition) is 3. The molecule has 3 N–H and O–H groups in total. The van der Waals surface area contributed by atoms with Crippen LogP contribution in [0.1, 0.15) is 16.7 Å². The summed E-state index contributed by atoms with van der Waals surface area (Å²) in [5, 5.41) is 16.9. The topological polar surface area (TPSA) is 86.7 Å². The van der Waals surface area contributed by atoms with Gasteiger partial charge in [-0.15, -0.1) is 11.3 Å². The fraction of sp³-hybridized carbons (Fsp3) is 0.364. The van der Waals surface area contributed by atoms with Crippen LogP contribution in [0.25, 0.3) is 21.3 Å². The number of thiophene rings is 1. The highest BCUT2D eigenvalue weighted by molar-refractivity contribution is 7.19. The van der Waals surface area contributed by atoms with Crippen molar-refractivity contribution in [2.75, 3.05) is 33.2 Å². The van der Waals surface area contributed by atoms with E-state index >= 15 is 0 Å². The van der Waals surface area contributed by atoms with E-state index in [1.165, 1.54) is 11.3 Å². The number of carbonyl (C=O) groups is 1. The van der Waals surface area contributed by atoms with E-state index in [0.29, 0.717) is 30.3 Å². The zero-order valence-electron chi connectivity index (χ0n) is 17.0. The molecule has 31 heavy (non-hydrogen) atoms. The maximum atomic E-state index is 13.0. The smallest absolute Gasteiger partial charge is 0.264 e. The molecule has 162 valence electrons. The van der Waals surface area contributed by atoms with E-state index in [9.17, 15) is 9.90 Å². The number of nitrogens with zero attached hydrogens (tertiary/aromatic N) is 2. The standard InChI is InChI=1S/C22H23ClN4O3S/c1-24-21(28)18-11-16-20(31-18)14(2-3-26-16)15-10-13(23)8-12-9-17(30-19(12)15)22(29)27-6-4-25-5-7-27/h2-3,8,10-11,17,21,24-25,28H,4-7,9H2,1H3. The molecule has 2 aliphatic rings. The SMILES string of the molecule is CNC(O)c1cc2nccc(-c3cc(Cl)cc4c3OC(C(=O)N3CCNCC3)C4)c2s1. The molecule has 0 aliphatic carbocycles. The minimum Gasteiger partial charge on any atom is -0.479 e. The van der Waals surface area contributed by atoms with Crippen LogP contribution in [0.15, 0.2) is 30.5 Å². The molecule has 2 aromatic heterocycles. The Morgan fingerprint density at radius 3 is 2.94 bits per heavy atom.